The van der Waals surface area contributed by atoms with Crippen LogP contribution in [0.4, 0.5) is 10.1 Å². The Hall–Kier alpha value is -1.21. The van der Waals surface area contributed by atoms with Crippen molar-refractivity contribution >= 4 is 17.4 Å². The number of anilines is 1. The van der Waals surface area contributed by atoms with Gasteiger partial charge in [-0.2, -0.15) is 17.0 Å². The second kappa shape index (κ2) is 4.97. The van der Waals surface area contributed by atoms with Gasteiger partial charge in [-0.05, 0) is 43.7 Å². The Morgan fingerprint density at radius 1 is 1.59 bits per heavy atom. The van der Waals surface area contributed by atoms with Gasteiger partial charge >= 0.3 is 0 Å². The summed E-state index contributed by atoms with van der Waals surface area (Å²) in [7, 11) is 0. The standard InChI is InChI=1S/C13H15FN2S/c1-10-13(9-15,6-3-7-17-10)16-12-5-2-4-11(14)8-12/h2,4-5,8,10,16H,3,6-7H2,1H3. The van der Waals surface area contributed by atoms with E-state index in [0.29, 0.717) is 5.69 Å². The van der Waals surface area contributed by atoms with Crippen LogP contribution >= 0.6 is 11.8 Å². The van der Waals surface area contributed by atoms with Crippen LogP contribution in [0.5, 0.6) is 0 Å². The van der Waals surface area contributed by atoms with Crippen LogP contribution in [-0.4, -0.2) is 16.5 Å². The largest absolute Gasteiger partial charge is 0.366 e. The Bertz CT molecular complexity index is 443. The van der Waals surface area contributed by atoms with Crippen molar-refractivity contribution in [2.24, 2.45) is 0 Å². The monoisotopic (exact) mass is 250 g/mol. The summed E-state index contributed by atoms with van der Waals surface area (Å²) in [6.45, 7) is 2.05. The molecule has 0 bridgehead atoms. The van der Waals surface area contributed by atoms with E-state index in [9.17, 15) is 9.65 Å². The zero-order valence-corrected chi connectivity index (χ0v) is 10.6. The molecule has 1 aliphatic rings. The molecule has 1 saturated heterocycles. The molecule has 90 valence electrons. The molecule has 1 aromatic carbocycles. The van der Waals surface area contributed by atoms with E-state index in [1.807, 2.05) is 0 Å². The molecule has 0 aromatic heterocycles. The summed E-state index contributed by atoms with van der Waals surface area (Å²) in [5.41, 5.74) is 0.109. The molecule has 0 saturated carbocycles. The minimum atomic E-state index is -0.573. The summed E-state index contributed by atoms with van der Waals surface area (Å²) in [5.74, 6) is 0.814. The van der Waals surface area contributed by atoms with Crippen molar-refractivity contribution in [1.82, 2.24) is 0 Å². The molecular weight excluding hydrogens is 235 g/mol. The van der Waals surface area contributed by atoms with E-state index in [1.54, 1.807) is 23.9 Å². The average Bonchev–Trinajstić information content (AvgIpc) is 2.32. The van der Waals surface area contributed by atoms with Crippen LogP contribution in [-0.2, 0) is 0 Å². The fourth-order valence-electron chi connectivity index (χ4n) is 2.12. The molecule has 0 radical (unpaired) electrons. The van der Waals surface area contributed by atoms with E-state index in [-0.39, 0.29) is 11.1 Å². The fourth-order valence-corrected chi connectivity index (χ4v) is 3.30. The molecule has 2 unspecified atom stereocenters. The number of hydrogen-bond donors (Lipinski definition) is 1. The Morgan fingerprint density at radius 3 is 3.06 bits per heavy atom. The second-order valence-electron chi connectivity index (χ2n) is 4.34. The lowest BCUT2D eigenvalue weighted by molar-refractivity contribution is 0.512. The molecular formula is C13H15FN2S. The van der Waals surface area contributed by atoms with Gasteiger partial charge in [-0.1, -0.05) is 6.07 Å². The summed E-state index contributed by atoms with van der Waals surface area (Å²) < 4.78 is 13.1. The fraction of sp³-hybridized carbons (Fsp3) is 0.462. The van der Waals surface area contributed by atoms with Gasteiger partial charge in [0.15, 0.2) is 0 Å². The van der Waals surface area contributed by atoms with Gasteiger partial charge in [0, 0.05) is 10.9 Å². The molecule has 4 heteroatoms. The van der Waals surface area contributed by atoms with Crippen LogP contribution in [0, 0.1) is 17.1 Å². The molecule has 1 aliphatic heterocycles. The lowest BCUT2D eigenvalue weighted by atomic mass is 9.91. The van der Waals surface area contributed by atoms with Crippen LogP contribution in [0.3, 0.4) is 0 Å². The number of hydrogen-bond acceptors (Lipinski definition) is 3. The topological polar surface area (TPSA) is 35.8 Å². The number of thioether (sulfide) groups is 1. The number of nitrogens with one attached hydrogen (secondary N) is 1. The Kier molecular flexibility index (Phi) is 3.58. The normalized spacial score (nSPS) is 28.4. The minimum absolute atomic E-state index is 0.213. The van der Waals surface area contributed by atoms with Gasteiger partial charge < -0.3 is 5.32 Å². The molecule has 0 spiro atoms. The highest BCUT2D eigenvalue weighted by Gasteiger charge is 2.39. The molecule has 1 fully saturated rings. The van der Waals surface area contributed by atoms with Gasteiger partial charge in [0.05, 0.1) is 6.07 Å². The quantitative estimate of drug-likeness (QED) is 0.873. The SMILES string of the molecule is CC1SCCCC1(C#N)Nc1cccc(F)c1. The molecule has 2 rings (SSSR count). The maximum Gasteiger partial charge on any atom is 0.137 e. The van der Waals surface area contributed by atoms with E-state index >= 15 is 0 Å². The summed E-state index contributed by atoms with van der Waals surface area (Å²) in [5, 5.41) is 12.8. The molecule has 2 atom stereocenters. The third-order valence-electron chi connectivity index (χ3n) is 3.17. The van der Waals surface area contributed by atoms with Crippen LogP contribution in [0.1, 0.15) is 19.8 Å². The smallest absolute Gasteiger partial charge is 0.137 e. The van der Waals surface area contributed by atoms with Crippen LogP contribution in [0.15, 0.2) is 24.3 Å². The number of rotatable bonds is 2. The highest BCUT2D eigenvalue weighted by atomic mass is 32.2. The third kappa shape index (κ3) is 2.55. The van der Waals surface area contributed by atoms with Gasteiger partial charge in [-0.25, -0.2) is 4.39 Å². The molecule has 17 heavy (non-hydrogen) atoms. The predicted molar refractivity (Wildman–Crippen MR) is 69.5 cm³/mol. The Morgan fingerprint density at radius 2 is 2.41 bits per heavy atom. The van der Waals surface area contributed by atoms with Crippen molar-refractivity contribution in [3.63, 3.8) is 0 Å². The van der Waals surface area contributed by atoms with Crippen LogP contribution in [0.25, 0.3) is 0 Å². The lowest BCUT2D eigenvalue weighted by Gasteiger charge is -2.37. The predicted octanol–water partition coefficient (Wildman–Crippen LogP) is 3.42. The Labute approximate surface area is 105 Å². The van der Waals surface area contributed by atoms with Gasteiger partial charge in [0.25, 0.3) is 0 Å². The summed E-state index contributed by atoms with van der Waals surface area (Å²) >= 11 is 1.79. The van der Waals surface area contributed by atoms with Crippen molar-refractivity contribution in [1.29, 1.82) is 5.26 Å². The second-order valence-corrected chi connectivity index (χ2v) is 5.78. The first-order chi connectivity index (χ1) is 8.16. The third-order valence-corrected chi connectivity index (χ3v) is 4.60. The molecule has 0 aliphatic carbocycles. The van der Waals surface area contributed by atoms with E-state index in [2.05, 4.69) is 18.3 Å². The zero-order valence-electron chi connectivity index (χ0n) is 9.74. The van der Waals surface area contributed by atoms with Crippen molar-refractivity contribution in [3.05, 3.63) is 30.1 Å². The van der Waals surface area contributed by atoms with E-state index in [0.717, 1.165) is 18.6 Å². The lowest BCUT2D eigenvalue weighted by Crippen LogP contribution is -2.47. The average molecular weight is 250 g/mol. The summed E-state index contributed by atoms with van der Waals surface area (Å²) in [6.07, 6.45) is 1.83. The van der Waals surface area contributed by atoms with Gasteiger partial charge in [-0.3, -0.25) is 0 Å². The highest BCUT2D eigenvalue weighted by Crippen LogP contribution is 2.36. The van der Waals surface area contributed by atoms with Crippen molar-refractivity contribution in [2.75, 3.05) is 11.1 Å². The molecule has 1 aromatic rings. The molecule has 0 amide bonds. The van der Waals surface area contributed by atoms with E-state index < -0.39 is 5.54 Å². The maximum absolute atomic E-state index is 13.1. The first-order valence-electron chi connectivity index (χ1n) is 5.73. The van der Waals surface area contributed by atoms with Gasteiger partial charge in [-0.15, -0.1) is 0 Å². The molecule has 1 N–H and O–H groups in total. The number of nitrogens with zero attached hydrogens (tertiary/aromatic N) is 1. The van der Waals surface area contributed by atoms with Crippen LogP contribution in [0.2, 0.25) is 0 Å². The minimum Gasteiger partial charge on any atom is -0.366 e. The van der Waals surface area contributed by atoms with Crippen molar-refractivity contribution in [3.8, 4) is 6.07 Å². The first-order valence-corrected chi connectivity index (χ1v) is 6.78. The zero-order chi connectivity index (χ0) is 12.3. The number of nitriles is 1. The van der Waals surface area contributed by atoms with E-state index in [4.69, 9.17) is 0 Å². The van der Waals surface area contributed by atoms with Gasteiger partial charge in [0.1, 0.15) is 11.4 Å². The van der Waals surface area contributed by atoms with Crippen LogP contribution < -0.4 is 5.32 Å². The molecule has 2 nitrogen and oxygen atoms in total. The van der Waals surface area contributed by atoms with E-state index in [1.165, 1.54) is 12.1 Å². The maximum atomic E-state index is 13.1. The Balaban J connectivity index is 2.22. The highest BCUT2D eigenvalue weighted by molar-refractivity contribution is 8.00. The first kappa shape index (κ1) is 12.3. The number of halogens is 1. The summed E-state index contributed by atoms with van der Waals surface area (Å²) in [4.78, 5) is 0. The summed E-state index contributed by atoms with van der Waals surface area (Å²) in [6, 6.07) is 8.68. The molecule has 1 heterocycles. The van der Waals surface area contributed by atoms with Crippen molar-refractivity contribution < 1.29 is 4.39 Å². The van der Waals surface area contributed by atoms with Gasteiger partial charge in [0.2, 0.25) is 0 Å². The van der Waals surface area contributed by atoms with Crippen molar-refractivity contribution in [2.45, 2.75) is 30.6 Å². The number of benzene rings is 1.